The number of nitrogens with zero attached hydrogens (tertiary/aromatic N) is 2. The Labute approximate surface area is 119 Å². The molecule has 3 N–H and O–H groups in total. The molecule has 6 heteroatoms. The number of anilines is 2. The molecule has 19 heavy (non-hydrogen) atoms. The van der Waals surface area contributed by atoms with Gasteiger partial charge in [-0.3, -0.25) is 4.79 Å². The molecular weight excluding hydrogens is 260 g/mol. The summed E-state index contributed by atoms with van der Waals surface area (Å²) in [5.74, 6) is 0.752. The maximum Gasteiger partial charge on any atom is 0.267 e. The Morgan fingerprint density at radius 3 is 2.68 bits per heavy atom. The number of hydrogen-bond acceptors (Lipinski definition) is 5. The summed E-state index contributed by atoms with van der Waals surface area (Å²) < 4.78 is 0. The zero-order chi connectivity index (χ0) is 14.4. The molecule has 0 aliphatic carbocycles. The maximum absolute atomic E-state index is 12.4. The molecule has 1 rings (SSSR count). The lowest BCUT2D eigenvalue weighted by Gasteiger charge is -2.22. The first-order valence-electron chi connectivity index (χ1n) is 6.79. The third kappa shape index (κ3) is 4.38. The van der Waals surface area contributed by atoms with Crippen LogP contribution in [-0.2, 0) is 0 Å². The van der Waals surface area contributed by atoms with Gasteiger partial charge in [0.25, 0.3) is 5.91 Å². The largest absolute Gasteiger partial charge is 0.382 e. The van der Waals surface area contributed by atoms with E-state index in [1.54, 1.807) is 0 Å². The quantitative estimate of drug-likeness (QED) is 0.807. The van der Waals surface area contributed by atoms with Crippen LogP contribution in [0.5, 0.6) is 0 Å². The molecule has 0 radical (unpaired) electrons. The fourth-order valence-electron chi connectivity index (χ4n) is 1.73. The molecular formula is C13H24N4OS. The van der Waals surface area contributed by atoms with Gasteiger partial charge in [-0.05, 0) is 19.3 Å². The molecule has 0 spiro atoms. The van der Waals surface area contributed by atoms with Gasteiger partial charge in [-0.25, -0.2) is 4.98 Å². The number of hydrogen-bond donors (Lipinski definition) is 2. The molecule has 5 nitrogen and oxygen atoms in total. The third-order valence-corrected chi connectivity index (χ3v) is 3.65. The van der Waals surface area contributed by atoms with Crippen molar-refractivity contribution in [3.8, 4) is 0 Å². The van der Waals surface area contributed by atoms with Crippen molar-refractivity contribution in [2.75, 3.05) is 30.7 Å². The highest BCUT2D eigenvalue weighted by Crippen LogP contribution is 2.26. The van der Waals surface area contributed by atoms with E-state index < -0.39 is 0 Å². The van der Waals surface area contributed by atoms with Crippen LogP contribution in [0.1, 0.15) is 43.8 Å². The predicted octanol–water partition coefficient (Wildman–Crippen LogP) is 2.67. The minimum absolute atomic E-state index is 0.0178. The second-order valence-corrected chi connectivity index (χ2v) is 5.90. The van der Waals surface area contributed by atoms with Crippen molar-refractivity contribution in [1.29, 1.82) is 0 Å². The number of aromatic nitrogens is 1. The number of carbonyl (C=O) groups is 1. The molecule has 0 fully saturated rings. The second-order valence-electron chi connectivity index (χ2n) is 4.90. The Kier molecular flexibility index (Phi) is 6.08. The van der Waals surface area contributed by atoms with Crippen molar-refractivity contribution in [2.45, 2.75) is 34.1 Å². The Morgan fingerprint density at radius 2 is 2.16 bits per heavy atom. The molecule has 1 amide bonds. The molecule has 1 heterocycles. The molecule has 0 unspecified atom stereocenters. The van der Waals surface area contributed by atoms with Crippen LogP contribution in [0.15, 0.2) is 0 Å². The Bertz CT molecular complexity index is 417. The van der Waals surface area contributed by atoms with Gasteiger partial charge in [-0.2, -0.15) is 0 Å². The van der Waals surface area contributed by atoms with Gasteiger partial charge in [0.05, 0.1) is 0 Å². The third-order valence-electron chi connectivity index (χ3n) is 2.63. The number of nitrogens with one attached hydrogen (secondary N) is 1. The van der Waals surface area contributed by atoms with Crippen LogP contribution in [-0.4, -0.2) is 35.4 Å². The smallest absolute Gasteiger partial charge is 0.267 e. The van der Waals surface area contributed by atoms with Crippen LogP contribution < -0.4 is 11.1 Å². The van der Waals surface area contributed by atoms with Gasteiger partial charge in [0.2, 0.25) is 0 Å². The predicted molar refractivity (Wildman–Crippen MR) is 81.7 cm³/mol. The minimum Gasteiger partial charge on any atom is -0.382 e. The van der Waals surface area contributed by atoms with Gasteiger partial charge in [-0.1, -0.05) is 32.1 Å². The summed E-state index contributed by atoms with van der Waals surface area (Å²) in [4.78, 5) is 19.0. The van der Waals surface area contributed by atoms with Crippen LogP contribution in [0.3, 0.4) is 0 Å². The van der Waals surface area contributed by atoms with E-state index in [0.717, 1.165) is 24.6 Å². The standard InChI is InChI=1S/C13H24N4OS/c1-5-7-15-13-16-11(14)10(19-13)12(18)17(6-2)8-9(3)4/h9H,5-8,14H2,1-4H3,(H,15,16). The van der Waals surface area contributed by atoms with Gasteiger partial charge in [-0.15, -0.1) is 0 Å². The first-order chi connectivity index (χ1) is 8.99. The summed E-state index contributed by atoms with van der Waals surface area (Å²) in [7, 11) is 0. The maximum atomic E-state index is 12.4. The topological polar surface area (TPSA) is 71.2 Å². The van der Waals surface area contributed by atoms with E-state index in [9.17, 15) is 4.79 Å². The Balaban J connectivity index is 2.82. The lowest BCUT2D eigenvalue weighted by atomic mass is 10.2. The van der Waals surface area contributed by atoms with Crippen molar-refractivity contribution in [1.82, 2.24) is 9.88 Å². The number of carbonyl (C=O) groups excluding carboxylic acids is 1. The lowest BCUT2D eigenvalue weighted by molar-refractivity contribution is 0.0751. The highest BCUT2D eigenvalue weighted by Gasteiger charge is 2.21. The van der Waals surface area contributed by atoms with Gasteiger partial charge >= 0.3 is 0 Å². The van der Waals surface area contributed by atoms with E-state index in [1.807, 2.05) is 11.8 Å². The fraction of sp³-hybridized carbons (Fsp3) is 0.692. The molecule has 1 aromatic heterocycles. The highest BCUT2D eigenvalue weighted by molar-refractivity contribution is 7.18. The van der Waals surface area contributed by atoms with E-state index in [1.165, 1.54) is 11.3 Å². The van der Waals surface area contributed by atoms with Gasteiger partial charge < -0.3 is 16.0 Å². The van der Waals surface area contributed by atoms with Crippen molar-refractivity contribution in [3.63, 3.8) is 0 Å². The first-order valence-corrected chi connectivity index (χ1v) is 7.60. The molecule has 0 aliphatic rings. The summed E-state index contributed by atoms with van der Waals surface area (Å²) in [6.07, 6.45) is 1.01. The number of amides is 1. The minimum atomic E-state index is -0.0178. The van der Waals surface area contributed by atoms with E-state index in [-0.39, 0.29) is 5.91 Å². The summed E-state index contributed by atoms with van der Waals surface area (Å²) in [6.45, 7) is 10.5. The summed E-state index contributed by atoms with van der Waals surface area (Å²) in [6, 6.07) is 0. The molecule has 108 valence electrons. The van der Waals surface area contributed by atoms with Crippen molar-refractivity contribution >= 4 is 28.2 Å². The van der Waals surface area contributed by atoms with E-state index in [2.05, 4.69) is 31.1 Å². The lowest BCUT2D eigenvalue weighted by Crippen LogP contribution is -2.33. The number of rotatable bonds is 7. The van der Waals surface area contributed by atoms with Gasteiger partial charge in [0, 0.05) is 19.6 Å². The SMILES string of the molecule is CCCNc1nc(N)c(C(=O)N(CC)CC(C)C)s1. The molecule has 0 atom stereocenters. The molecule has 0 aromatic carbocycles. The fourth-order valence-corrected chi connectivity index (χ4v) is 2.61. The monoisotopic (exact) mass is 284 g/mol. The van der Waals surface area contributed by atoms with Crippen LogP contribution in [0.4, 0.5) is 10.9 Å². The van der Waals surface area contributed by atoms with Crippen molar-refractivity contribution < 1.29 is 4.79 Å². The molecule has 0 saturated carbocycles. The van der Waals surface area contributed by atoms with Crippen LogP contribution in [0, 0.1) is 5.92 Å². The summed E-state index contributed by atoms with van der Waals surface area (Å²) in [5, 5.41) is 3.89. The zero-order valence-electron chi connectivity index (χ0n) is 12.2. The number of thiazole rings is 1. The van der Waals surface area contributed by atoms with E-state index in [0.29, 0.717) is 23.2 Å². The molecule has 0 saturated heterocycles. The molecule has 0 aliphatic heterocycles. The average molecular weight is 284 g/mol. The average Bonchev–Trinajstić information content (AvgIpc) is 2.73. The number of nitrogens with two attached hydrogens (primary N) is 1. The zero-order valence-corrected chi connectivity index (χ0v) is 13.0. The van der Waals surface area contributed by atoms with Crippen molar-refractivity contribution in [3.05, 3.63) is 4.88 Å². The van der Waals surface area contributed by atoms with Crippen LogP contribution >= 0.6 is 11.3 Å². The molecule has 1 aromatic rings. The van der Waals surface area contributed by atoms with E-state index in [4.69, 9.17) is 5.73 Å². The van der Waals surface area contributed by atoms with Crippen molar-refractivity contribution in [2.24, 2.45) is 5.92 Å². The van der Waals surface area contributed by atoms with Crippen LogP contribution in [0.25, 0.3) is 0 Å². The summed E-state index contributed by atoms with van der Waals surface area (Å²) in [5.41, 5.74) is 5.85. The highest BCUT2D eigenvalue weighted by atomic mass is 32.1. The molecule has 0 bridgehead atoms. The second kappa shape index (κ2) is 7.33. The van der Waals surface area contributed by atoms with Crippen LogP contribution in [0.2, 0.25) is 0 Å². The van der Waals surface area contributed by atoms with Gasteiger partial charge in [0.1, 0.15) is 10.7 Å². The Morgan fingerprint density at radius 1 is 1.47 bits per heavy atom. The number of nitrogen functional groups attached to an aromatic ring is 1. The van der Waals surface area contributed by atoms with Gasteiger partial charge in [0.15, 0.2) is 5.13 Å². The first kappa shape index (κ1) is 15.8. The summed E-state index contributed by atoms with van der Waals surface area (Å²) >= 11 is 1.34. The normalized spacial score (nSPS) is 10.8. The van der Waals surface area contributed by atoms with E-state index >= 15 is 0 Å². The Hall–Kier alpha value is -1.30.